The first-order valence-corrected chi connectivity index (χ1v) is 9.83. The smallest absolute Gasteiger partial charge is 0.276 e. The van der Waals surface area contributed by atoms with Gasteiger partial charge in [-0.3, -0.25) is 4.79 Å². The highest BCUT2D eigenvalue weighted by Crippen LogP contribution is 2.27. The van der Waals surface area contributed by atoms with Gasteiger partial charge in [-0.1, -0.05) is 24.6 Å². The lowest BCUT2D eigenvalue weighted by molar-refractivity contribution is 0.102. The summed E-state index contributed by atoms with van der Waals surface area (Å²) in [6.45, 7) is -0.00519. The number of aromatic nitrogens is 2. The largest absolute Gasteiger partial charge is 0.479 e. The monoisotopic (exact) mass is 386 g/mol. The van der Waals surface area contributed by atoms with Crippen LogP contribution in [-0.2, 0) is 12.8 Å². The minimum Gasteiger partial charge on any atom is -0.479 e. The van der Waals surface area contributed by atoms with E-state index in [1.165, 1.54) is 0 Å². The maximum atomic E-state index is 13.0. The number of rotatable bonds is 5. The highest BCUT2D eigenvalue weighted by atomic mass is 16.5. The predicted molar refractivity (Wildman–Crippen MR) is 110 cm³/mol. The Morgan fingerprint density at radius 2 is 1.83 bits per heavy atom. The lowest BCUT2D eigenvalue weighted by atomic mass is 10.1. The van der Waals surface area contributed by atoms with E-state index >= 15 is 0 Å². The average Bonchev–Trinajstić information content (AvgIpc) is 2.95. The number of hydrogen-bond acceptors (Lipinski definition) is 4. The summed E-state index contributed by atoms with van der Waals surface area (Å²) < 4.78 is 7.18. The quantitative estimate of drug-likeness (QED) is 0.663. The summed E-state index contributed by atoms with van der Waals surface area (Å²) in [4.78, 5) is 13.0. The zero-order valence-electron chi connectivity index (χ0n) is 16.1. The highest BCUT2D eigenvalue weighted by molar-refractivity contribution is 6.04. The van der Waals surface area contributed by atoms with Crippen LogP contribution in [0.3, 0.4) is 0 Å². The summed E-state index contributed by atoms with van der Waals surface area (Å²) >= 11 is 0. The van der Waals surface area contributed by atoms with Gasteiger partial charge in [0.15, 0.2) is 12.3 Å². The molecule has 0 fully saturated rings. The van der Waals surface area contributed by atoms with Crippen molar-refractivity contribution in [1.82, 2.24) is 9.78 Å². The van der Waals surface area contributed by atoms with Gasteiger partial charge in [-0.15, -0.1) is 0 Å². The molecule has 0 atom stereocenters. The van der Waals surface area contributed by atoms with Crippen LogP contribution >= 0.6 is 0 Å². The van der Waals surface area contributed by atoms with E-state index in [1.807, 2.05) is 41.1 Å². The van der Waals surface area contributed by atoms with Gasteiger partial charge in [0.2, 0.25) is 0 Å². The number of anilines is 1. The number of nitrogens with zero attached hydrogens (tertiary/aromatic N) is 3. The van der Waals surface area contributed by atoms with Crippen LogP contribution in [0.4, 0.5) is 5.69 Å². The minimum absolute atomic E-state index is 0.00519. The van der Waals surface area contributed by atoms with Gasteiger partial charge < -0.3 is 10.1 Å². The summed E-state index contributed by atoms with van der Waals surface area (Å²) in [6, 6.07) is 18.9. The topological polar surface area (TPSA) is 79.9 Å². The molecule has 1 aromatic heterocycles. The van der Waals surface area contributed by atoms with E-state index in [4.69, 9.17) is 15.1 Å². The second-order valence-corrected chi connectivity index (χ2v) is 7.01. The van der Waals surface area contributed by atoms with Crippen molar-refractivity contribution < 1.29 is 9.53 Å². The van der Waals surface area contributed by atoms with Crippen LogP contribution in [0.25, 0.3) is 5.69 Å². The summed E-state index contributed by atoms with van der Waals surface area (Å²) in [7, 11) is 0. The van der Waals surface area contributed by atoms with E-state index in [2.05, 4.69) is 5.32 Å². The predicted octanol–water partition coefficient (Wildman–Crippen LogP) is 4.30. The van der Waals surface area contributed by atoms with Crippen LogP contribution in [-0.4, -0.2) is 22.3 Å². The SMILES string of the molecule is N#CCOc1ccc(NC(=O)c2nn(-c3ccccc3)c3c2CCCCC3)cc1. The highest BCUT2D eigenvalue weighted by Gasteiger charge is 2.24. The number of carbonyl (C=O) groups is 1. The van der Waals surface area contributed by atoms with Crippen molar-refractivity contribution in [2.75, 3.05) is 11.9 Å². The van der Waals surface area contributed by atoms with Crippen molar-refractivity contribution in [3.63, 3.8) is 0 Å². The molecule has 1 aliphatic rings. The van der Waals surface area contributed by atoms with E-state index in [9.17, 15) is 4.79 Å². The molecule has 3 aromatic rings. The molecular formula is C23H22N4O2. The van der Waals surface area contributed by atoms with Gasteiger partial charge in [0.1, 0.15) is 11.8 Å². The molecule has 146 valence electrons. The van der Waals surface area contributed by atoms with Gasteiger partial charge in [0, 0.05) is 16.9 Å². The normalized spacial score (nSPS) is 13.1. The summed E-state index contributed by atoms with van der Waals surface area (Å²) in [5, 5.41) is 16.2. The number of para-hydroxylation sites is 1. The van der Waals surface area contributed by atoms with E-state index < -0.39 is 0 Å². The lowest BCUT2D eigenvalue weighted by Gasteiger charge is -2.07. The molecule has 0 spiro atoms. The zero-order valence-corrected chi connectivity index (χ0v) is 16.1. The molecular weight excluding hydrogens is 364 g/mol. The molecule has 0 bridgehead atoms. The maximum absolute atomic E-state index is 13.0. The number of fused-ring (bicyclic) bond motifs is 1. The number of hydrogen-bond donors (Lipinski definition) is 1. The van der Waals surface area contributed by atoms with Crippen molar-refractivity contribution in [3.05, 3.63) is 71.5 Å². The van der Waals surface area contributed by atoms with E-state index in [1.54, 1.807) is 24.3 Å². The van der Waals surface area contributed by atoms with Gasteiger partial charge in [0.05, 0.1) is 5.69 Å². The van der Waals surface area contributed by atoms with Crippen LogP contribution in [0, 0.1) is 11.3 Å². The maximum Gasteiger partial charge on any atom is 0.276 e. The zero-order chi connectivity index (χ0) is 20.1. The Bertz CT molecular complexity index is 1030. The van der Waals surface area contributed by atoms with E-state index in [0.29, 0.717) is 17.1 Å². The van der Waals surface area contributed by atoms with Gasteiger partial charge >= 0.3 is 0 Å². The molecule has 6 heteroatoms. The third-order valence-corrected chi connectivity index (χ3v) is 5.06. The standard InChI is InChI=1S/C23H22N4O2/c24-15-16-29-19-13-11-17(12-14-19)25-23(28)22-20-9-5-2-6-10-21(20)27(26-22)18-7-3-1-4-8-18/h1,3-4,7-8,11-14H,2,5-6,9-10,16H2,(H,25,28). The van der Waals surface area contributed by atoms with E-state index in [0.717, 1.165) is 49.0 Å². The first-order chi connectivity index (χ1) is 14.3. The molecule has 1 N–H and O–H groups in total. The second kappa shape index (κ2) is 8.61. The summed E-state index contributed by atoms with van der Waals surface area (Å²) in [6.07, 6.45) is 5.13. The molecule has 1 aliphatic carbocycles. The van der Waals surface area contributed by atoms with Crippen molar-refractivity contribution >= 4 is 11.6 Å². The Kier molecular flexibility index (Phi) is 5.57. The first-order valence-electron chi connectivity index (χ1n) is 9.83. The summed E-state index contributed by atoms with van der Waals surface area (Å²) in [5.41, 5.74) is 4.33. The number of benzene rings is 2. The molecule has 1 heterocycles. The third-order valence-electron chi connectivity index (χ3n) is 5.06. The average molecular weight is 386 g/mol. The fraction of sp³-hybridized carbons (Fsp3) is 0.261. The number of nitrogens with one attached hydrogen (secondary N) is 1. The van der Waals surface area contributed by atoms with Crippen molar-refractivity contribution in [1.29, 1.82) is 5.26 Å². The number of amides is 1. The minimum atomic E-state index is -0.205. The molecule has 4 rings (SSSR count). The molecule has 0 radical (unpaired) electrons. The van der Waals surface area contributed by atoms with Crippen molar-refractivity contribution in [3.8, 4) is 17.5 Å². The van der Waals surface area contributed by atoms with Gasteiger partial charge in [0.25, 0.3) is 5.91 Å². The number of carbonyl (C=O) groups excluding carboxylic acids is 1. The van der Waals surface area contributed by atoms with E-state index in [-0.39, 0.29) is 12.5 Å². The second-order valence-electron chi connectivity index (χ2n) is 7.01. The van der Waals surface area contributed by atoms with Gasteiger partial charge in [-0.05, 0) is 62.1 Å². The molecule has 29 heavy (non-hydrogen) atoms. The molecule has 0 saturated heterocycles. The fourth-order valence-electron chi connectivity index (χ4n) is 3.68. The number of ether oxygens (including phenoxy) is 1. The Balaban J connectivity index is 1.61. The lowest BCUT2D eigenvalue weighted by Crippen LogP contribution is -2.15. The molecule has 1 amide bonds. The van der Waals surface area contributed by atoms with Crippen LogP contribution < -0.4 is 10.1 Å². The Morgan fingerprint density at radius 1 is 1.07 bits per heavy atom. The van der Waals surface area contributed by atoms with Crippen LogP contribution in [0.5, 0.6) is 5.75 Å². The third kappa shape index (κ3) is 4.14. The Morgan fingerprint density at radius 3 is 2.59 bits per heavy atom. The number of nitriles is 1. The van der Waals surface area contributed by atoms with Crippen LogP contribution in [0.1, 0.15) is 41.0 Å². The Hall–Kier alpha value is -3.59. The van der Waals surface area contributed by atoms with Gasteiger partial charge in [-0.25, -0.2) is 4.68 Å². The molecule has 2 aromatic carbocycles. The van der Waals surface area contributed by atoms with Crippen LogP contribution in [0.15, 0.2) is 54.6 Å². The fourth-order valence-corrected chi connectivity index (χ4v) is 3.68. The van der Waals surface area contributed by atoms with Crippen LogP contribution in [0.2, 0.25) is 0 Å². The molecule has 0 unspecified atom stereocenters. The summed E-state index contributed by atoms with van der Waals surface area (Å²) in [5.74, 6) is 0.385. The van der Waals surface area contributed by atoms with Crippen molar-refractivity contribution in [2.24, 2.45) is 0 Å². The molecule has 6 nitrogen and oxygen atoms in total. The van der Waals surface area contributed by atoms with Gasteiger partial charge in [-0.2, -0.15) is 10.4 Å². The first kappa shape index (κ1) is 18.8. The molecule has 0 aliphatic heterocycles. The molecule has 0 saturated carbocycles. The van der Waals surface area contributed by atoms with Crippen molar-refractivity contribution in [2.45, 2.75) is 32.1 Å². The Labute approximate surface area is 169 Å².